The molecule has 0 fully saturated rings. The molecule has 5 nitrogen and oxygen atoms in total. The van der Waals surface area contributed by atoms with Crippen LogP contribution >= 0.6 is 0 Å². The summed E-state index contributed by atoms with van der Waals surface area (Å²) >= 11 is 0. The highest BCUT2D eigenvalue weighted by Gasteiger charge is 2.44. The van der Waals surface area contributed by atoms with Gasteiger partial charge in [0.05, 0.1) is 5.69 Å². The van der Waals surface area contributed by atoms with Gasteiger partial charge >= 0.3 is 0 Å². The van der Waals surface area contributed by atoms with E-state index in [0.29, 0.717) is 5.92 Å². The number of nitrogens with zero attached hydrogens (tertiary/aromatic N) is 3. The van der Waals surface area contributed by atoms with Gasteiger partial charge in [0.2, 0.25) is 0 Å². The number of allylic oxidation sites excluding steroid dienone is 3. The predicted molar refractivity (Wildman–Crippen MR) is 298 cm³/mol. The minimum absolute atomic E-state index is 0.125. The molecule has 3 aliphatic rings. The molecule has 10 aromatic carbocycles. The number of hydrogen-bond donors (Lipinski definition) is 0. The van der Waals surface area contributed by atoms with E-state index in [-0.39, 0.29) is 6.71 Å². The van der Waals surface area contributed by atoms with Crippen molar-refractivity contribution in [1.82, 2.24) is 0 Å². The van der Waals surface area contributed by atoms with Crippen molar-refractivity contribution in [3.8, 4) is 11.5 Å². The van der Waals surface area contributed by atoms with Gasteiger partial charge in [0.1, 0.15) is 22.7 Å². The summed E-state index contributed by atoms with van der Waals surface area (Å²) in [6.45, 7) is 6.45. The molecule has 0 bridgehead atoms. The maximum atomic E-state index is 7.52. The third-order valence-electron chi connectivity index (χ3n) is 14.9. The molecule has 0 amide bonds. The molecule has 3 heterocycles. The first-order chi connectivity index (χ1) is 34.9. The lowest BCUT2D eigenvalue weighted by molar-refractivity contribution is 0.488. The number of anilines is 8. The third kappa shape index (κ3) is 6.77. The summed E-state index contributed by atoms with van der Waals surface area (Å²) in [5.74, 6) is 2.14. The summed E-state index contributed by atoms with van der Waals surface area (Å²) in [4.78, 5) is 7.24. The molecular formula is C65H48BN3O2. The van der Waals surface area contributed by atoms with Crippen LogP contribution in [-0.4, -0.2) is 6.71 Å². The zero-order valence-corrected chi connectivity index (χ0v) is 39.8. The number of para-hydroxylation sites is 1. The van der Waals surface area contributed by atoms with Gasteiger partial charge in [-0.15, -0.1) is 0 Å². The van der Waals surface area contributed by atoms with Crippen molar-refractivity contribution < 1.29 is 9.15 Å². The lowest BCUT2D eigenvalue weighted by atomic mass is 9.33. The lowest BCUT2D eigenvalue weighted by Crippen LogP contribution is -2.59. The fourth-order valence-corrected chi connectivity index (χ4v) is 11.4. The quantitative estimate of drug-likeness (QED) is 0.149. The van der Waals surface area contributed by atoms with Crippen molar-refractivity contribution in [1.29, 1.82) is 0 Å². The summed E-state index contributed by atoms with van der Waals surface area (Å²) in [6.07, 6.45) is 7.98. The monoisotopic (exact) mass is 913 g/mol. The van der Waals surface area contributed by atoms with Gasteiger partial charge in [-0.05, 0) is 149 Å². The average molecular weight is 914 g/mol. The first-order valence-corrected chi connectivity index (χ1v) is 24.7. The molecule has 0 saturated carbocycles. The summed E-state index contributed by atoms with van der Waals surface area (Å²) in [5, 5.41) is 7.03. The first kappa shape index (κ1) is 41.3. The average Bonchev–Trinajstić information content (AvgIpc) is 3.78. The lowest BCUT2D eigenvalue weighted by Gasteiger charge is -2.42. The van der Waals surface area contributed by atoms with Crippen LogP contribution in [0, 0.1) is 19.8 Å². The Hall–Kier alpha value is -8.74. The van der Waals surface area contributed by atoms with Crippen LogP contribution in [-0.2, 0) is 0 Å². The highest BCUT2D eigenvalue weighted by Crippen LogP contribution is 2.48. The maximum Gasteiger partial charge on any atom is 0.257 e. The first-order valence-electron chi connectivity index (χ1n) is 24.7. The van der Waals surface area contributed by atoms with E-state index >= 15 is 0 Å². The van der Waals surface area contributed by atoms with E-state index in [1.165, 1.54) is 38.1 Å². The molecular weight excluding hydrogens is 866 g/mol. The fraction of sp³-hybridized carbons (Fsp3) is 0.0769. The summed E-state index contributed by atoms with van der Waals surface area (Å²) < 4.78 is 13.8. The van der Waals surface area contributed by atoms with Gasteiger partial charge < -0.3 is 23.9 Å². The molecule has 11 aromatic rings. The van der Waals surface area contributed by atoms with Crippen LogP contribution in [0.2, 0.25) is 0 Å². The van der Waals surface area contributed by atoms with Gasteiger partial charge in [0, 0.05) is 68.4 Å². The highest BCUT2D eigenvalue weighted by molar-refractivity contribution is 7.00. The zero-order valence-electron chi connectivity index (χ0n) is 39.8. The van der Waals surface area contributed by atoms with Crippen molar-refractivity contribution in [3.63, 3.8) is 0 Å². The van der Waals surface area contributed by atoms with E-state index in [1.807, 2.05) is 12.1 Å². The van der Waals surface area contributed by atoms with Crippen molar-refractivity contribution in [2.45, 2.75) is 27.2 Å². The van der Waals surface area contributed by atoms with E-state index < -0.39 is 0 Å². The number of ether oxygens (including phenoxy) is 1. The second kappa shape index (κ2) is 16.2. The molecule has 2 aliphatic heterocycles. The van der Waals surface area contributed by atoms with Gasteiger partial charge in [-0.2, -0.15) is 0 Å². The molecule has 14 rings (SSSR count). The van der Waals surface area contributed by atoms with Crippen LogP contribution in [0.3, 0.4) is 0 Å². The van der Waals surface area contributed by atoms with Crippen LogP contribution in [0.15, 0.2) is 229 Å². The number of hydrogen-bond acceptors (Lipinski definition) is 5. The van der Waals surface area contributed by atoms with Crippen LogP contribution in [0.5, 0.6) is 11.5 Å². The number of benzene rings is 10. The number of aryl methyl sites for hydroxylation is 2. The standard InChI is InChI=1S/C65H48BN3O2/c1-41-16-24-47(25-17-41)67(51-32-35-61-56(37-51)55-14-8-9-15-60(55)70-61)52-31-33-57-62(39-52)71-63-40-53(68(48-26-18-42(2)19-27-48)50-30-22-44-10-4-5-12-46(44)36-50)38-59-65(63)66(57)64-54-13-7-6-11-45(54)23-34-58(64)69(59)49-28-20-43(3)21-29-49/h4-18,20-40,42H,19H2,1-3H3. The summed E-state index contributed by atoms with van der Waals surface area (Å²) in [5.41, 5.74) is 17.5. The van der Waals surface area contributed by atoms with Crippen molar-refractivity contribution >= 4 is 112 Å². The number of rotatable bonds is 7. The normalized spacial score (nSPS) is 14.6. The molecule has 338 valence electrons. The Kier molecular flexibility index (Phi) is 9.40. The van der Waals surface area contributed by atoms with Crippen LogP contribution < -0.4 is 35.8 Å². The van der Waals surface area contributed by atoms with Gasteiger partial charge in [-0.1, -0.05) is 139 Å². The van der Waals surface area contributed by atoms with Gasteiger partial charge in [0.15, 0.2) is 0 Å². The molecule has 0 radical (unpaired) electrons. The van der Waals surface area contributed by atoms with E-state index in [2.05, 4.69) is 242 Å². The predicted octanol–water partition coefficient (Wildman–Crippen LogP) is 16.0. The minimum Gasteiger partial charge on any atom is -0.458 e. The SMILES string of the molecule is Cc1ccc(N(c2ccc3c(c2)Oc2cc(N(C4=CCC(C)C=C4)c4ccc5ccccc5c4)cc4c2B3c2c(ccc3ccccc23)N4c2ccc(C)cc2)c2ccc3oc4ccccc4c3c2)cc1. The van der Waals surface area contributed by atoms with E-state index in [4.69, 9.17) is 9.15 Å². The van der Waals surface area contributed by atoms with E-state index in [1.54, 1.807) is 0 Å². The Morgan fingerprint density at radius 3 is 1.96 bits per heavy atom. The molecule has 0 saturated heterocycles. The number of furan rings is 1. The summed E-state index contributed by atoms with van der Waals surface area (Å²) in [6, 6.07) is 73.0. The molecule has 1 unspecified atom stereocenters. The topological polar surface area (TPSA) is 32.1 Å². The number of fused-ring (bicyclic) bond motifs is 10. The second-order valence-electron chi connectivity index (χ2n) is 19.5. The highest BCUT2D eigenvalue weighted by atomic mass is 16.5. The zero-order chi connectivity index (χ0) is 47.3. The Balaban J connectivity index is 1.02. The Morgan fingerprint density at radius 2 is 1.14 bits per heavy atom. The Morgan fingerprint density at radius 1 is 0.493 bits per heavy atom. The van der Waals surface area contributed by atoms with Gasteiger partial charge in [-0.25, -0.2) is 0 Å². The van der Waals surface area contributed by atoms with Crippen molar-refractivity contribution in [2.75, 3.05) is 14.7 Å². The molecule has 0 spiro atoms. The second-order valence-corrected chi connectivity index (χ2v) is 19.5. The smallest absolute Gasteiger partial charge is 0.257 e. The van der Waals surface area contributed by atoms with Gasteiger partial charge in [0.25, 0.3) is 6.71 Å². The van der Waals surface area contributed by atoms with Crippen molar-refractivity contribution in [3.05, 3.63) is 235 Å². The van der Waals surface area contributed by atoms with Crippen LogP contribution in [0.4, 0.5) is 45.5 Å². The van der Waals surface area contributed by atoms with Gasteiger partial charge in [-0.3, -0.25) is 0 Å². The molecule has 1 aliphatic carbocycles. The van der Waals surface area contributed by atoms with E-state index in [0.717, 1.165) is 102 Å². The maximum absolute atomic E-state index is 7.52. The third-order valence-corrected chi connectivity index (χ3v) is 14.9. The molecule has 1 atom stereocenters. The van der Waals surface area contributed by atoms with E-state index in [9.17, 15) is 0 Å². The summed E-state index contributed by atoms with van der Waals surface area (Å²) in [7, 11) is 0. The van der Waals surface area contributed by atoms with Crippen LogP contribution in [0.25, 0.3) is 43.5 Å². The molecule has 71 heavy (non-hydrogen) atoms. The van der Waals surface area contributed by atoms with Crippen molar-refractivity contribution in [2.24, 2.45) is 5.92 Å². The molecule has 6 heteroatoms. The molecule has 0 N–H and O–H groups in total. The molecule has 1 aromatic heterocycles. The Labute approximate surface area is 413 Å². The van der Waals surface area contributed by atoms with Crippen LogP contribution in [0.1, 0.15) is 24.5 Å². The fourth-order valence-electron chi connectivity index (χ4n) is 11.4. The Bertz CT molecular complexity index is 4020. The minimum atomic E-state index is -0.125. The largest absolute Gasteiger partial charge is 0.458 e.